The van der Waals surface area contributed by atoms with Gasteiger partial charge < -0.3 is 24.7 Å². The Morgan fingerprint density at radius 3 is 2.83 bits per heavy atom. The number of rotatable bonds is 6. The molecular weight excluding hydrogens is 396 g/mol. The van der Waals surface area contributed by atoms with Crippen LogP contribution in [0.1, 0.15) is 30.1 Å². The van der Waals surface area contributed by atoms with E-state index >= 15 is 0 Å². The molecule has 0 amide bonds. The molecule has 1 aliphatic heterocycles. The molecule has 3 aromatic rings. The maximum atomic E-state index is 5.68. The molecule has 2 heterocycles. The number of nitrogens with zero attached hydrogens (tertiary/aromatic N) is 2. The second kappa shape index (κ2) is 9.34. The minimum absolute atomic E-state index is 0.372. The Hall–Kier alpha value is -2.80. The van der Waals surface area contributed by atoms with Crippen molar-refractivity contribution in [3.05, 3.63) is 53.9 Å². The summed E-state index contributed by atoms with van der Waals surface area (Å²) in [6, 6.07) is 14.2. The molecule has 0 saturated carbocycles. The molecule has 1 atom stereocenters. The van der Waals surface area contributed by atoms with Crippen LogP contribution < -0.4 is 14.8 Å². The summed E-state index contributed by atoms with van der Waals surface area (Å²) in [5.41, 5.74) is 3.31. The normalized spacial score (nSPS) is 16.5. The second-order valence-corrected chi connectivity index (χ2v) is 7.98. The lowest BCUT2D eigenvalue weighted by atomic mass is 9.98. The largest absolute Gasteiger partial charge is 0.493 e. The molecule has 1 saturated heterocycles. The highest BCUT2D eigenvalue weighted by atomic mass is 32.1. The Morgan fingerprint density at radius 2 is 2.03 bits per heavy atom. The van der Waals surface area contributed by atoms with Crippen LogP contribution in [0, 0.1) is 0 Å². The van der Waals surface area contributed by atoms with Crippen LogP contribution in [0.2, 0.25) is 0 Å². The van der Waals surface area contributed by atoms with Crippen molar-refractivity contribution < 1.29 is 9.47 Å². The van der Waals surface area contributed by atoms with Gasteiger partial charge in [-0.1, -0.05) is 18.2 Å². The number of hydrogen-bond acceptors (Lipinski definition) is 4. The molecule has 7 heteroatoms. The third-order valence-corrected chi connectivity index (χ3v) is 6.04. The minimum atomic E-state index is 0.372. The van der Waals surface area contributed by atoms with Crippen molar-refractivity contribution in [3.8, 4) is 11.5 Å². The predicted molar refractivity (Wildman–Crippen MR) is 123 cm³/mol. The molecule has 1 fully saturated rings. The molecule has 158 valence electrons. The lowest BCUT2D eigenvalue weighted by Gasteiger charge is -2.33. The van der Waals surface area contributed by atoms with Gasteiger partial charge in [-0.25, -0.2) is 4.98 Å². The second-order valence-electron chi connectivity index (χ2n) is 7.60. The van der Waals surface area contributed by atoms with Gasteiger partial charge in [0.05, 0.1) is 25.3 Å². The first-order valence-corrected chi connectivity index (χ1v) is 10.8. The van der Waals surface area contributed by atoms with Gasteiger partial charge in [-0.05, 0) is 61.3 Å². The van der Waals surface area contributed by atoms with Gasteiger partial charge in [-0.15, -0.1) is 0 Å². The van der Waals surface area contributed by atoms with Gasteiger partial charge in [0.2, 0.25) is 0 Å². The first kappa shape index (κ1) is 20.5. The van der Waals surface area contributed by atoms with E-state index in [2.05, 4.69) is 33.4 Å². The zero-order valence-electron chi connectivity index (χ0n) is 17.5. The summed E-state index contributed by atoms with van der Waals surface area (Å²) in [6.07, 6.45) is 3.10. The van der Waals surface area contributed by atoms with Crippen molar-refractivity contribution in [2.24, 2.45) is 0 Å². The van der Waals surface area contributed by atoms with Gasteiger partial charge in [0.25, 0.3) is 0 Å². The fourth-order valence-corrected chi connectivity index (χ4v) is 4.28. The zero-order valence-corrected chi connectivity index (χ0v) is 18.3. The number of ether oxygens (including phenoxy) is 2. The number of H-pyrrole nitrogens is 1. The van der Waals surface area contributed by atoms with Gasteiger partial charge in [0.1, 0.15) is 5.82 Å². The molecule has 4 rings (SSSR count). The van der Waals surface area contributed by atoms with Crippen LogP contribution in [0.25, 0.3) is 11.0 Å². The SMILES string of the molecule is COc1ccc(CCNC(=S)N2CCC[C@H](c3nc4ccccc4[nH]3)C2)cc1OC. The monoisotopic (exact) mass is 424 g/mol. The summed E-state index contributed by atoms with van der Waals surface area (Å²) in [7, 11) is 3.30. The van der Waals surface area contributed by atoms with Crippen LogP contribution in [0.15, 0.2) is 42.5 Å². The van der Waals surface area contributed by atoms with Crippen LogP contribution in [-0.2, 0) is 6.42 Å². The quantitative estimate of drug-likeness (QED) is 0.586. The number of para-hydroxylation sites is 2. The molecule has 1 aliphatic rings. The highest BCUT2D eigenvalue weighted by Gasteiger charge is 2.25. The number of imidazole rings is 1. The van der Waals surface area contributed by atoms with E-state index in [1.807, 2.05) is 24.3 Å². The van der Waals surface area contributed by atoms with E-state index in [0.29, 0.717) is 5.92 Å². The predicted octanol–water partition coefficient (Wildman–Crippen LogP) is 3.88. The van der Waals surface area contributed by atoms with Crippen LogP contribution >= 0.6 is 12.2 Å². The minimum Gasteiger partial charge on any atom is -0.493 e. The standard InChI is InChI=1S/C23H28N4O2S/c1-28-20-10-9-16(14-21(20)29-2)11-12-24-23(30)27-13-5-6-17(15-27)22-25-18-7-3-4-8-19(18)26-22/h3-4,7-10,14,17H,5-6,11-13,15H2,1-2H3,(H,24,30)(H,25,26)/t17-/m0/s1. The molecule has 30 heavy (non-hydrogen) atoms. The van der Waals surface area contributed by atoms with Gasteiger partial charge in [0, 0.05) is 25.6 Å². The van der Waals surface area contributed by atoms with Gasteiger partial charge >= 0.3 is 0 Å². The summed E-state index contributed by atoms with van der Waals surface area (Å²) < 4.78 is 10.7. The van der Waals surface area contributed by atoms with Crippen molar-refractivity contribution in [3.63, 3.8) is 0 Å². The van der Waals surface area contributed by atoms with E-state index in [1.54, 1.807) is 14.2 Å². The number of nitrogens with one attached hydrogen (secondary N) is 2. The average Bonchev–Trinajstić information content (AvgIpc) is 3.23. The van der Waals surface area contributed by atoms with Gasteiger partial charge in [0.15, 0.2) is 16.6 Å². The number of thiocarbonyl (C=S) groups is 1. The Labute approximate surface area is 182 Å². The van der Waals surface area contributed by atoms with E-state index < -0.39 is 0 Å². The number of methoxy groups -OCH3 is 2. The Morgan fingerprint density at radius 1 is 1.20 bits per heavy atom. The summed E-state index contributed by atoms with van der Waals surface area (Å²) in [4.78, 5) is 10.5. The van der Waals surface area contributed by atoms with E-state index in [9.17, 15) is 0 Å². The first-order chi connectivity index (χ1) is 14.7. The molecule has 0 spiro atoms. The maximum absolute atomic E-state index is 5.68. The van der Waals surface area contributed by atoms with Crippen molar-refractivity contribution >= 4 is 28.4 Å². The van der Waals surface area contributed by atoms with Crippen molar-refractivity contribution in [2.75, 3.05) is 33.9 Å². The fourth-order valence-electron chi connectivity index (χ4n) is 4.01. The number of fused-ring (bicyclic) bond motifs is 1. The van der Waals surface area contributed by atoms with Crippen LogP contribution in [0.3, 0.4) is 0 Å². The number of aromatic nitrogens is 2. The third kappa shape index (κ3) is 4.51. The molecular formula is C23H28N4O2S. The first-order valence-electron chi connectivity index (χ1n) is 10.4. The molecule has 0 radical (unpaired) electrons. The fraction of sp³-hybridized carbons (Fsp3) is 0.391. The van der Waals surface area contributed by atoms with Crippen LogP contribution in [0.5, 0.6) is 11.5 Å². The summed E-state index contributed by atoms with van der Waals surface area (Å²) >= 11 is 5.68. The highest BCUT2D eigenvalue weighted by molar-refractivity contribution is 7.80. The summed E-state index contributed by atoms with van der Waals surface area (Å²) in [6.45, 7) is 2.65. The van der Waals surface area contributed by atoms with Crippen molar-refractivity contribution in [1.29, 1.82) is 0 Å². The number of piperidine rings is 1. The number of aromatic amines is 1. The van der Waals surface area contributed by atoms with E-state index in [1.165, 1.54) is 5.56 Å². The molecule has 6 nitrogen and oxygen atoms in total. The molecule has 0 unspecified atom stereocenters. The van der Waals surface area contributed by atoms with Crippen molar-refractivity contribution in [1.82, 2.24) is 20.2 Å². The molecule has 0 bridgehead atoms. The number of benzene rings is 2. The molecule has 0 aliphatic carbocycles. The summed E-state index contributed by atoms with van der Waals surface area (Å²) in [5, 5.41) is 4.24. The molecule has 2 aromatic carbocycles. The topological polar surface area (TPSA) is 62.4 Å². The van der Waals surface area contributed by atoms with Crippen molar-refractivity contribution in [2.45, 2.75) is 25.2 Å². The van der Waals surface area contributed by atoms with E-state index in [-0.39, 0.29) is 0 Å². The Balaban J connectivity index is 1.32. The number of hydrogen-bond donors (Lipinski definition) is 2. The lowest BCUT2D eigenvalue weighted by molar-refractivity contribution is 0.300. The maximum Gasteiger partial charge on any atom is 0.168 e. The van der Waals surface area contributed by atoms with E-state index in [4.69, 9.17) is 26.7 Å². The number of likely N-dealkylation sites (tertiary alicyclic amines) is 1. The summed E-state index contributed by atoms with van der Waals surface area (Å²) in [5.74, 6) is 2.93. The third-order valence-electron chi connectivity index (χ3n) is 5.64. The lowest BCUT2D eigenvalue weighted by Crippen LogP contribution is -2.45. The van der Waals surface area contributed by atoms with E-state index in [0.717, 1.165) is 72.4 Å². The van der Waals surface area contributed by atoms with Crippen LogP contribution in [-0.4, -0.2) is 53.8 Å². The van der Waals surface area contributed by atoms with Gasteiger partial charge in [-0.2, -0.15) is 0 Å². The highest BCUT2D eigenvalue weighted by Crippen LogP contribution is 2.28. The Kier molecular flexibility index (Phi) is 6.38. The average molecular weight is 425 g/mol. The smallest absolute Gasteiger partial charge is 0.168 e. The zero-order chi connectivity index (χ0) is 20.9. The molecule has 2 N–H and O–H groups in total. The Bertz CT molecular complexity index is 986. The van der Waals surface area contributed by atoms with Gasteiger partial charge in [-0.3, -0.25) is 0 Å². The van der Waals surface area contributed by atoms with Crippen LogP contribution in [0.4, 0.5) is 0 Å². The molecule has 1 aromatic heterocycles.